The Labute approximate surface area is 201 Å². The number of hydrogen-bond donors (Lipinski definition) is 1. The van der Waals surface area contributed by atoms with Crippen molar-refractivity contribution in [2.45, 2.75) is 104 Å². The number of allylic oxidation sites excluding steroid dienone is 6. The zero-order valence-corrected chi connectivity index (χ0v) is 19.0. The molecule has 0 saturated carbocycles. The molecule has 0 amide bonds. The van der Waals surface area contributed by atoms with Crippen LogP contribution >= 0.6 is 0 Å². The van der Waals surface area contributed by atoms with Gasteiger partial charge in [0.25, 0.3) is 0 Å². The monoisotopic (exact) mass is 443 g/mol. The van der Waals surface area contributed by atoms with Gasteiger partial charge in [0.1, 0.15) is 0 Å². The van der Waals surface area contributed by atoms with Crippen LogP contribution in [0.4, 0.5) is 0 Å². The lowest BCUT2D eigenvalue weighted by Gasteiger charge is -1.87. The average molecular weight is 444 g/mol. The number of nitrogens with one attached hydrogen (secondary N) is 1. The lowest BCUT2D eigenvalue weighted by atomic mass is 10.2. The van der Waals surface area contributed by atoms with E-state index in [1.807, 2.05) is 40.1 Å². The fraction of sp³-hybridized carbons (Fsp3) is 0.517. The van der Waals surface area contributed by atoms with E-state index in [2.05, 4.69) is 66.9 Å². The number of hydrogen-bond acceptors (Lipinski definition) is 2. The number of aromatic nitrogens is 1. The summed E-state index contributed by atoms with van der Waals surface area (Å²) in [5.41, 5.74) is 10.6. The Morgan fingerprint density at radius 3 is 0.969 bits per heavy atom. The Morgan fingerprint density at radius 2 is 0.875 bits per heavy atom. The van der Waals surface area contributed by atoms with Crippen LogP contribution in [0.3, 0.4) is 0 Å². The van der Waals surface area contributed by atoms with Crippen molar-refractivity contribution in [3.05, 3.63) is 70.4 Å². The Morgan fingerprint density at radius 1 is 0.531 bits per heavy atom. The summed E-state index contributed by atoms with van der Waals surface area (Å²) in [6, 6.07) is 4.13. The number of aryl methyl sites for hydroxylation is 2. The van der Waals surface area contributed by atoms with E-state index < -0.39 is 0 Å². The molecular formula is C29H53N3. The molecule has 1 N–H and O–H groups in total. The first-order chi connectivity index (χ1) is 13.2. The Bertz CT molecular complexity index is 679. The lowest BCUT2D eigenvalue weighted by Crippen LogP contribution is -1.82. The van der Waals surface area contributed by atoms with Crippen LogP contribution in [0.15, 0.2) is 69.0 Å². The van der Waals surface area contributed by atoms with Crippen LogP contribution in [0.2, 0.25) is 0 Å². The highest BCUT2D eigenvalue weighted by Gasteiger charge is 1.98. The van der Waals surface area contributed by atoms with Gasteiger partial charge < -0.3 is 4.98 Å². The van der Waals surface area contributed by atoms with E-state index in [0.717, 1.165) is 12.8 Å². The predicted octanol–water partition coefficient (Wildman–Crippen LogP) is 9.97. The first-order valence-electron chi connectivity index (χ1n) is 9.98. The van der Waals surface area contributed by atoms with Crippen LogP contribution in [-0.4, -0.2) is 16.4 Å². The summed E-state index contributed by atoms with van der Waals surface area (Å²) in [7, 11) is 0. The molecule has 0 aromatic carbocycles. The zero-order chi connectivity index (χ0) is 21.1. The number of rotatable bonds is 0. The van der Waals surface area contributed by atoms with Crippen molar-refractivity contribution in [1.29, 1.82) is 0 Å². The lowest BCUT2D eigenvalue weighted by molar-refractivity contribution is 1.15. The van der Waals surface area contributed by atoms with Crippen LogP contribution in [0.5, 0.6) is 0 Å². The molecule has 2 aliphatic heterocycles. The van der Waals surface area contributed by atoms with E-state index in [-0.39, 0.29) is 29.7 Å². The first-order valence-corrected chi connectivity index (χ1v) is 9.98. The number of H-pyrrole nitrogens is 1. The standard InChI is InChI=1S/C7H10.3C6H9N.4CH4/c1-6-3-4-7(2)5-6;2*1-5-3-6(2)7-4-5;1-5-3-4-6(2)7-5;;;;/h3-4H,5H2,1-2H3;2*4H,3H2,1-2H3;3-4,7H,1-2H3;4*1H4. The third-order valence-corrected chi connectivity index (χ3v) is 4.27. The second kappa shape index (κ2) is 19.3. The van der Waals surface area contributed by atoms with E-state index in [1.165, 1.54) is 51.5 Å². The average Bonchev–Trinajstić information content (AvgIpc) is 3.37. The molecule has 1 aromatic rings. The summed E-state index contributed by atoms with van der Waals surface area (Å²) in [5, 5.41) is 0. The highest BCUT2D eigenvalue weighted by atomic mass is 14.7. The highest BCUT2D eigenvalue weighted by Crippen LogP contribution is 2.16. The highest BCUT2D eigenvalue weighted by molar-refractivity contribution is 5.87. The molecule has 1 aliphatic carbocycles. The number of nitrogens with zero attached hydrogens (tertiary/aromatic N) is 2. The molecule has 3 nitrogen and oxygen atoms in total. The zero-order valence-electron chi connectivity index (χ0n) is 19.0. The van der Waals surface area contributed by atoms with Gasteiger partial charge in [-0.15, -0.1) is 0 Å². The van der Waals surface area contributed by atoms with Gasteiger partial charge in [0.15, 0.2) is 0 Å². The molecule has 0 radical (unpaired) electrons. The minimum absolute atomic E-state index is 0. The number of aromatic amines is 1. The van der Waals surface area contributed by atoms with E-state index in [4.69, 9.17) is 0 Å². The smallest absolute Gasteiger partial charge is 0.0260 e. The molecule has 4 rings (SSSR count). The fourth-order valence-corrected chi connectivity index (χ4v) is 2.92. The van der Waals surface area contributed by atoms with Gasteiger partial charge in [0, 0.05) is 48.1 Å². The minimum Gasteiger partial charge on any atom is -0.363 e. The Hall–Kier alpha value is -2.42. The predicted molar refractivity (Wildman–Crippen MR) is 152 cm³/mol. The molecule has 0 unspecified atom stereocenters. The van der Waals surface area contributed by atoms with Gasteiger partial charge in [0.2, 0.25) is 0 Å². The molecule has 3 heteroatoms. The van der Waals surface area contributed by atoms with Crippen molar-refractivity contribution in [2.24, 2.45) is 9.98 Å². The molecule has 0 spiro atoms. The molecule has 0 fully saturated rings. The summed E-state index contributed by atoms with van der Waals surface area (Å²) >= 11 is 0. The van der Waals surface area contributed by atoms with Crippen molar-refractivity contribution in [1.82, 2.24) is 4.98 Å². The summed E-state index contributed by atoms with van der Waals surface area (Å²) in [6.45, 7) is 16.7. The molecule has 32 heavy (non-hydrogen) atoms. The third-order valence-electron chi connectivity index (χ3n) is 4.27. The summed E-state index contributed by atoms with van der Waals surface area (Å²) in [4.78, 5) is 11.3. The topological polar surface area (TPSA) is 40.5 Å². The van der Waals surface area contributed by atoms with Gasteiger partial charge in [-0.1, -0.05) is 53.0 Å². The number of aliphatic imine (C=N–C) groups is 2. The summed E-state index contributed by atoms with van der Waals surface area (Å²) in [6.07, 6.45) is 11.6. The molecule has 1 aromatic heterocycles. The largest absolute Gasteiger partial charge is 0.363 e. The van der Waals surface area contributed by atoms with Gasteiger partial charge in [0.05, 0.1) is 0 Å². The van der Waals surface area contributed by atoms with Crippen molar-refractivity contribution in [3.63, 3.8) is 0 Å². The van der Waals surface area contributed by atoms with Crippen LogP contribution < -0.4 is 0 Å². The van der Waals surface area contributed by atoms with Gasteiger partial charge in [-0.2, -0.15) is 0 Å². The third kappa shape index (κ3) is 17.3. The van der Waals surface area contributed by atoms with Crippen LogP contribution in [0, 0.1) is 13.8 Å². The summed E-state index contributed by atoms with van der Waals surface area (Å²) < 4.78 is 0. The minimum atomic E-state index is 0. The maximum Gasteiger partial charge on any atom is 0.0260 e. The first kappa shape index (κ1) is 36.9. The molecule has 0 bridgehead atoms. The van der Waals surface area contributed by atoms with Crippen molar-refractivity contribution in [2.75, 3.05) is 0 Å². The normalized spacial score (nSPS) is 14.6. The van der Waals surface area contributed by atoms with Crippen molar-refractivity contribution >= 4 is 11.4 Å². The second-order valence-corrected chi connectivity index (χ2v) is 8.06. The van der Waals surface area contributed by atoms with E-state index in [9.17, 15) is 0 Å². The van der Waals surface area contributed by atoms with Crippen LogP contribution in [-0.2, 0) is 0 Å². The molecule has 0 atom stereocenters. The van der Waals surface area contributed by atoms with E-state index in [0.29, 0.717) is 0 Å². The molecular weight excluding hydrogens is 390 g/mol. The van der Waals surface area contributed by atoms with Crippen LogP contribution in [0.1, 0.15) is 102 Å². The van der Waals surface area contributed by atoms with E-state index in [1.54, 1.807) is 0 Å². The quantitative estimate of drug-likeness (QED) is 0.414. The second-order valence-electron chi connectivity index (χ2n) is 8.06. The van der Waals surface area contributed by atoms with E-state index >= 15 is 0 Å². The molecule has 3 heterocycles. The van der Waals surface area contributed by atoms with Crippen molar-refractivity contribution < 1.29 is 0 Å². The van der Waals surface area contributed by atoms with Gasteiger partial charge in [-0.05, 0) is 85.1 Å². The maximum atomic E-state index is 4.07. The summed E-state index contributed by atoms with van der Waals surface area (Å²) in [5.74, 6) is 0. The molecule has 3 aliphatic rings. The van der Waals surface area contributed by atoms with Crippen LogP contribution in [0.25, 0.3) is 0 Å². The van der Waals surface area contributed by atoms with Gasteiger partial charge in [-0.25, -0.2) is 0 Å². The van der Waals surface area contributed by atoms with Crippen molar-refractivity contribution in [3.8, 4) is 0 Å². The molecule has 184 valence electrons. The van der Waals surface area contributed by atoms with Gasteiger partial charge in [-0.3, -0.25) is 9.98 Å². The molecule has 0 saturated heterocycles. The van der Waals surface area contributed by atoms with Gasteiger partial charge >= 0.3 is 0 Å². The Kier molecular flexibility index (Phi) is 22.2. The fourth-order valence-electron chi connectivity index (χ4n) is 2.92. The Balaban J connectivity index is -0.000000157. The maximum absolute atomic E-state index is 4.07. The SMILES string of the molecule is C.C.C.C.CC1=CC=C(C)C1.CC1=CN=C(C)C1.CC1=CN=C(C)C1.Cc1ccc(C)[nH]1.